The Hall–Kier alpha value is -1.06. The van der Waals surface area contributed by atoms with Gasteiger partial charge in [0.2, 0.25) is 0 Å². The summed E-state index contributed by atoms with van der Waals surface area (Å²) in [5, 5.41) is 0. The summed E-state index contributed by atoms with van der Waals surface area (Å²) in [5.74, 6) is 0.898. The van der Waals surface area contributed by atoms with Crippen molar-refractivity contribution in [3.63, 3.8) is 0 Å². The van der Waals surface area contributed by atoms with Gasteiger partial charge < -0.3 is 15.2 Å². The van der Waals surface area contributed by atoms with Crippen molar-refractivity contribution in [1.82, 2.24) is 0 Å². The van der Waals surface area contributed by atoms with Gasteiger partial charge in [0.15, 0.2) is 0 Å². The van der Waals surface area contributed by atoms with Crippen LogP contribution in [-0.2, 0) is 11.2 Å². The van der Waals surface area contributed by atoms with Crippen LogP contribution in [0.3, 0.4) is 0 Å². The highest BCUT2D eigenvalue weighted by Crippen LogP contribution is 2.21. The van der Waals surface area contributed by atoms with Crippen LogP contribution in [0.5, 0.6) is 5.75 Å². The van der Waals surface area contributed by atoms with Crippen LogP contribution in [0.4, 0.5) is 0 Å². The summed E-state index contributed by atoms with van der Waals surface area (Å²) in [4.78, 5) is 0. The van der Waals surface area contributed by atoms with Crippen molar-refractivity contribution in [2.45, 2.75) is 39.3 Å². The van der Waals surface area contributed by atoms with Gasteiger partial charge >= 0.3 is 0 Å². The van der Waals surface area contributed by atoms with E-state index in [1.807, 2.05) is 26.0 Å². The van der Waals surface area contributed by atoms with E-state index < -0.39 is 0 Å². The maximum absolute atomic E-state index is 6.13. The predicted octanol–water partition coefficient (Wildman–Crippen LogP) is 2.30. The van der Waals surface area contributed by atoms with E-state index >= 15 is 0 Å². The fourth-order valence-corrected chi connectivity index (χ4v) is 1.87. The molecule has 17 heavy (non-hydrogen) atoms. The Morgan fingerprint density at radius 3 is 2.65 bits per heavy atom. The van der Waals surface area contributed by atoms with Crippen molar-refractivity contribution >= 4 is 0 Å². The molecule has 0 aliphatic carbocycles. The molecule has 0 aliphatic rings. The monoisotopic (exact) mass is 237 g/mol. The number of aryl methyl sites for hydroxylation is 1. The Bertz CT molecular complexity index is 352. The van der Waals surface area contributed by atoms with Crippen LogP contribution in [0.25, 0.3) is 0 Å². The Kier molecular flexibility index (Phi) is 5.45. The zero-order valence-corrected chi connectivity index (χ0v) is 11.2. The van der Waals surface area contributed by atoms with Gasteiger partial charge in [0.1, 0.15) is 5.75 Å². The van der Waals surface area contributed by atoms with Crippen LogP contribution in [-0.4, -0.2) is 25.9 Å². The second-order valence-electron chi connectivity index (χ2n) is 4.34. The van der Waals surface area contributed by atoms with E-state index in [9.17, 15) is 0 Å². The maximum atomic E-state index is 6.13. The van der Waals surface area contributed by atoms with E-state index in [-0.39, 0.29) is 12.1 Å². The molecule has 96 valence electrons. The normalized spacial score (nSPS) is 14.4. The van der Waals surface area contributed by atoms with Crippen LogP contribution in [0.1, 0.15) is 25.0 Å². The van der Waals surface area contributed by atoms with Gasteiger partial charge in [0.05, 0.1) is 13.2 Å². The Labute approximate surface area is 104 Å². The number of nitrogens with two attached hydrogens (primary N) is 1. The number of hydrogen-bond acceptors (Lipinski definition) is 3. The molecule has 0 aromatic heterocycles. The molecule has 0 saturated heterocycles. The zero-order valence-electron chi connectivity index (χ0n) is 11.2. The van der Waals surface area contributed by atoms with Crippen LogP contribution in [0.2, 0.25) is 0 Å². The first-order chi connectivity index (χ1) is 8.08. The molecule has 0 heterocycles. The number of hydrogen-bond donors (Lipinski definition) is 1. The third-order valence-electron chi connectivity index (χ3n) is 2.92. The minimum atomic E-state index is -0.00866. The molecule has 3 nitrogen and oxygen atoms in total. The lowest BCUT2D eigenvalue weighted by Crippen LogP contribution is -2.36. The van der Waals surface area contributed by atoms with E-state index in [1.165, 1.54) is 5.56 Å². The SMILES string of the molecule is CCOC(C)C(N)Cc1cc(C)ccc1OC. The molecule has 0 radical (unpaired) electrons. The molecule has 0 fully saturated rings. The van der Waals surface area contributed by atoms with Gasteiger partial charge in [-0.2, -0.15) is 0 Å². The zero-order chi connectivity index (χ0) is 12.8. The van der Waals surface area contributed by atoms with Crippen molar-refractivity contribution in [2.75, 3.05) is 13.7 Å². The lowest BCUT2D eigenvalue weighted by Gasteiger charge is -2.21. The van der Waals surface area contributed by atoms with Gasteiger partial charge in [-0.1, -0.05) is 17.7 Å². The summed E-state index contributed by atoms with van der Waals surface area (Å²) < 4.78 is 10.9. The van der Waals surface area contributed by atoms with Crippen LogP contribution >= 0.6 is 0 Å². The Morgan fingerprint density at radius 1 is 1.35 bits per heavy atom. The molecular formula is C14H23NO2. The number of benzene rings is 1. The highest BCUT2D eigenvalue weighted by atomic mass is 16.5. The second kappa shape index (κ2) is 6.62. The minimum Gasteiger partial charge on any atom is -0.496 e. The van der Waals surface area contributed by atoms with Crippen LogP contribution < -0.4 is 10.5 Å². The highest BCUT2D eigenvalue weighted by molar-refractivity contribution is 5.37. The second-order valence-corrected chi connectivity index (χ2v) is 4.34. The molecule has 3 heteroatoms. The molecule has 0 aliphatic heterocycles. The Balaban J connectivity index is 2.76. The Morgan fingerprint density at radius 2 is 2.06 bits per heavy atom. The summed E-state index contributed by atoms with van der Waals surface area (Å²) in [6.07, 6.45) is 0.830. The summed E-state index contributed by atoms with van der Waals surface area (Å²) in [6.45, 7) is 6.76. The third-order valence-corrected chi connectivity index (χ3v) is 2.92. The van der Waals surface area contributed by atoms with Gasteiger partial charge in [-0.05, 0) is 38.8 Å². The molecule has 2 atom stereocenters. The maximum Gasteiger partial charge on any atom is 0.122 e. The van der Waals surface area contributed by atoms with E-state index in [0.717, 1.165) is 17.7 Å². The van der Waals surface area contributed by atoms with Crippen molar-refractivity contribution in [3.05, 3.63) is 29.3 Å². The fraction of sp³-hybridized carbons (Fsp3) is 0.571. The lowest BCUT2D eigenvalue weighted by atomic mass is 10.0. The first-order valence-corrected chi connectivity index (χ1v) is 6.09. The standard InChI is InChI=1S/C14H23NO2/c1-5-17-11(3)13(15)9-12-8-10(2)6-7-14(12)16-4/h6-8,11,13H,5,9,15H2,1-4H3. The quantitative estimate of drug-likeness (QED) is 0.825. The molecule has 2 N–H and O–H groups in total. The molecule has 1 aromatic rings. The van der Waals surface area contributed by atoms with Crippen LogP contribution in [0, 0.1) is 6.92 Å². The first kappa shape index (κ1) is 14.0. The van der Waals surface area contributed by atoms with Gasteiger partial charge in [-0.15, -0.1) is 0 Å². The van der Waals surface area contributed by atoms with Gasteiger partial charge in [0, 0.05) is 12.6 Å². The number of ether oxygens (including phenoxy) is 2. The average Bonchev–Trinajstić information content (AvgIpc) is 2.29. The number of rotatable bonds is 6. The highest BCUT2D eigenvalue weighted by Gasteiger charge is 2.15. The van der Waals surface area contributed by atoms with Crippen LogP contribution in [0.15, 0.2) is 18.2 Å². The molecule has 0 amide bonds. The average molecular weight is 237 g/mol. The van der Waals surface area contributed by atoms with E-state index in [4.69, 9.17) is 15.2 Å². The van der Waals surface area contributed by atoms with Crippen molar-refractivity contribution in [2.24, 2.45) is 5.73 Å². The van der Waals surface area contributed by atoms with Crippen molar-refractivity contribution < 1.29 is 9.47 Å². The largest absolute Gasteiger partial charge is 0.496 e. The van der Waals surface area contributed by atoms with Gasteiger partial charge in [-0.3, -0.25) is 0 Å². The first-order valence-electron chi connectivity index (χ1n) is 6.09. The van der Waals surface area contributed by atoms with Gasteiger partial charge in [-0.25, -0.2) is 0 Å². The molecular weight excluding hydrogens is 214 g/mol. The summed E-state index contributed by atoms with van der Waals surface area (Å²) >= 11 is 0. The molecule has 2 unspecified atom stereocenters. The summed E-state index contributed by atoms with van der Waals surface area (Å²) in [5.41, 5.74) is 8.49. The molecule has 0 spiro atoms. The topological polar surface area (TPSA) is 44.5 Å². The molecule has 0 saturated carbocycles. The molecule has 1 aromatic carbocycles. The smallest absolute Gasteiger partial charge is 0.122 e. The number of methoxy groups -OCH3 is 1. The molecule has 0 bridgehead atoms. The van der Waals surface area contributed by atoms with E-state index in [1.54, 1.807) is 7.11 Å². The lowest BCUT2D eigenvalue weighted by molar-refractivity contribution is 0.0576. The summed E-state index contributed by atoms with van der Waals surface area (Å²) in [7, 11) is 1.69. The van der Waals surface area contributed by atoms with Gasteiger partial charge in [0.25, 0.3) is 0 Å². The molecule has 1 rings (SSSR count). The van der Waals surface area contributed by atoms with E-state index in [2.05, 4.69) is 13.0 Å². The third kappa shape index (κ3) is 4.02. The van der Waals surface area contributed by atoms with Crippen molar-refractivity contribution in [1.29, 1.82) is 0 Å². The van der Waals surface area contributed by atoms with E-state index in [0.29, 0.717) is 6.61 Å². The predicted molar refractivity (Wildman–Crippen MR) is 70.5 cm³/mol. The fourth-order valence-electron chi connectivity index (χ4n) is 1.87. The van der Waals surface area contributed by atoms with Crippen molar-refractivity contribution in [3.8, 4) is 5.75 Å². The summed E-state index contributed by atoms with van der Waals surface area (Å²) in [6, 6.07) is 6.14. The minimum absolute atomic E-state index is 0.00866.